The van der Waals surface area contributed by atoms with Crippen molar-refractivity contribution in [2.45, 2.75) is 26.1 Å². The quantitative estimate of drug-likeness (QED) is 0.730. The van der Waals surface area contributed by atoms with Crippen molar-refractivity contribution in [3.63, 3.8) is 0 Å². The highest BCUT2D eigenvalue weighted by molar-refractivity contribution is 5.93. The van der Waals surface area contributed by atoms with Gasteiger partial charge in [0.1, 0.15) is 0 Å². The van der Waals surface area contributed by atoms with Crippen LogP contribution in [0.1, 0.15) is 29.3 Å². The Kier molecular flexibility index (Phi) is 3.70. The molecule has 0 N–H and O–H groups in total. The van der Waals surface area contributed by atoms with Crippen LogP contribution >= 0.6 is 0 Å². The molecule has 0 amide bonds. The van der Waals surface area contributed by atoms with Gasteiger partial charge in [0.2, 0.25) is 0 Å². The van der Waals surface area contributed by atoms with E-state index in [0.29, 0.717) is 13.2 Å². The van der Waals surface area contributed by atoms with Gasteiger partial charge in [-0.1, -0.05) is 24.3 Å². The molecule has 1 aliphatic rings. The van der Waals surface area contributed by atoms with Crippen LogP contribution in [0.5, 0.6) is 0 Å². The molecule has 1 aromatic carbocycles. The van der Waals surface area contributed by atoms with Gasteiger partial charge in [-0.2, -0.15) is 0 Å². The first-order valence-electron chi connectivity index (χ1n) is 5.55. The highest BCUT2D eigenvalue weighted by Gasteiger charge is 2.15. The van der Waals surface area contributed by atoms with Gasteiger partial charge >= 0.3 is 0 Å². The zero-order valence-electron chi connectivity index (χ0n) is 9.44. The molecule has 1 aliphatic heterocycles. The Morgan fingerprint density at radius 3 is 2.75 bits per heavy atom. The molecule has 0 aromatic heterocycles. The molecule has 3 nitrogen and oxygen atoms in total. The van der Waals surface area contributed by atoms with E-state index in [-0.39, 0.29) is 11.9 Å². The summed E-state index contributed by atoms with van der Waals surface area (Å²) in [6, 6.07) is 7.55. The predicted molar refractivity (Wildman–Crippen MR) is 60.5 cm³/mol. The van der Waals surface area contributed by atoms with Gasteiger partial charge < -0.3 is 9.47 Å². The molecule has 0 aliphatic carbocycles. The van der Waals surface area contributed by atoms with Crippen LogP contribution in [0.2, 0.25) is 0 Å². The highest BCUT2D eigenvalue weighted by atomic mass is 16.5. The Bertz CT molecular complexity index is 350. The van der Waals surface area contributed by atoms with Crippen molar-refractivity contribution in [3.8, 4) is 0 Å². The monoisotopic (exact) mass is 220 g/mol. The molecular formula is C13H16O3. The number of carbonyl (C=O) groups is 1. The van der Waals surface area contributed by atoms with Crippen molar-refractivity contribution in [2.24, 2.45) is 0 Å². The van der Waals surface area contributed by atoms with E-state index in [1.165, 1.54) is 0 Å². The molecule has 0 saturated carbocycles. The minimum absolute atomic E-state index is 0.0941. The second-order valence-corrected chi connectivity index (χ2v) is 4.05. The lowest BCUT2D eigenvalue weighted by Crippen LogP contribution is -2.11. The first-order valence-corrected chi connectivity index (χ1v) is 5.55. The fraction of sp³-hybridized carbons (Fsp3) is 0.462. The Morgan fingerprint density at radius 1 is 1.44 bits per heavy atom. The number of ketones is 1. The fourth-order valence-corrected chi connectivity index (χ4v) is 1.69. The van der Waals surface area contributed by atoms with Crippen molar-refractivity contribution < 1.29 is 14.3 Å². The first-order chi connectivity index (χ1) is 7.75. The Morgan fingerprint density at radius 2 is 2.19 bits per heavy atom. The summed E-state index contributed by atoms with van der Waals surface area (Å²) in [5.74, 6) is 0.0941. The third kappa shape index (κ3) is 2.90. The largest absolute Gasteiger partial charge is 0.379 e. The maximum absolute atomic E-state index is 11.1. The first kappa shape index (κ1) is 11.3. The summed E-state index contributed by atoms with van der Waals surface area (Å²) >= 11 is 0. The highest BCUT2D eigenvalue weighted by Crippen LogP contribution is 2.12. The summed E-state index contributed by atoms with van der Waals surface area (Å²) in [6.45, 7) is 3.66. The van der Waals surface area contributed by atoms with E-state index in [1.54, 1.807) is 6.92 Å². The van der Waals surface area contributed by atoms with Crippen molar-refractivity contribution in [1.82, 2.24) is 0 Å². The minimum atomic E-state index is 0.0941. The van der Waals surface area contributed by atoms with Crippen LogP contribution in [0.4, 0.5) is 0 Å². The van der Waals surface area contributed by atoms with Gasteiger partial charge in [-0.3, -0.25) is 4.79 Å². The van der Waals surface area contributed by atoms with Gasteiger partial charge in [-0.05, 0) is 18.9 Å². The Balaban J connectivity index is 1.87. The fourth-order valence-electron chi connectivity index (χ4n) is 1.69. The van der Waals surface area contributed by atoms with Crippen LogP contribution in [0.25, 0.3) is 0 Å². The summed E-state index contributed by atoms with van der Waals surface area (Å²) in [5, 5.41) is 0. The van der Waals surface area contributed by atoms with E-state index in [9.17, 15) is 4.79 Å². The second-order valence-electron chi connectivity index (χ2n) is 4.05. The summed E-state index contributed by atoms with van der Waals surface area (Å²) in [6.07, 6.45) is 1.21. The van der Waals surface area contributed by atoms with E-state index in [4.69, 9.17) is 9.47 Å². The maximum Gasteiger partial charge on any atom is 0.159 e. The Hall–Kier alpha value is -1.19. The van der Waals surface area contributed by atoms with Crippen LogP contribution in [0, 0.1) is 0 Å². The molecule has 1 saturated heterocycles. The number of rotatable bonds is 4. The topological polar surface area (TPSA) is 35.5 Å². The van der Waals surface area contributed by atoms with Gasteiger partial charge in [0.15, 0.2) is 5.78 Å². The lowest BCUT2D eigenvalue weighted by Gasteiger charge is -2.09. The molecule has 1 unspecified atom stereocenters. The molecule has 1 fully saturated rings. The minimum Gasteiger partial charge on any atom is -0.379 e. The number of carbonyl (C=O) groups excluding carboxylic acids is 1. The number of benzene rings is 1. The van der Waals surface area contributed by atoms with Gasteiger partial charge in [0.25, 0.3) is 0 Å². The number of hydrogen-bond acceptors (Lipinski definition) is 3. The zero-order chi connectivity index (χ0) is 11.4. The van der Waals surface area contributed by atoms with Gasteiger partial charge in [0, 0.05) is 12.2 Å². The molecule has 0 bridgehead atoms. The van der Waals surface area contributed by atoms with Gasteiger partial charge in [0.05, 0.1) is 19.3 Å². The lowest BCUT2D eigenvalue weighted by molar-refractivity contribution is 0.0317. The van der Waals surface area contributed by atoms with Crippen LogP contribution < -0.4 is 0 Å². The normalized spacial score (nSPS) is 19.9. The molecule has 0 radical (unpaired) electrons. The summed E-state index contributed by atoms with van der Waals surface area (Å²) in [4.78, 5) is 11.1. The second kappa shape index (κ2) is 5.23. The van der Waals surface area contributed by atoms with Crippen LogP contribution in [-0.2, 0) is 16.1 Å². The molecule has 1 aromatic rings. The summed E-state index contributed by atoms with van der Waals surface area (Å²) in [5.41, 5.74) is 1.84. The predicted octanol–water partition coefficient (Wildman–Crippen LogP) is 2.19. The van der Waals surface area contributed by atoms with Crippen molar-refractivity contribution in [3.05, 3.63) is 35.4 Å². The SMILES string of the molecule is CC(=O)c1ccc(COC2CCOC2)cc1. The third-order valence-corrected chi connectivity index (χ3v) is 2.73. The molecule has 2 rings (SSSR count). The third-order valence-electron chi connectivity index (χ3n) is 2.73. The van der Waals surface area contributed by atoms with Crippen LogP contribution in [0.3, 0.4) is 0 Å². The number of ether oxygens (including phenoxy) is 2. The van der Waals surface area contributed by atoms with Crippen molar-refractivity contribution in [2.75, 3.05) is 13.2 Å². The maximum atomic E-state index is 11.1. The van der Waals surface area contributed by atoms with Crippen LogP contribution in [-0.4, -0.2) is 25.1 Å². The summed E-state index contributed by atoms with van der Waals surface area (Å²) in [7, 11) is 0. The van der Waals surface area contributed by atoms with E-state index in [0.717, 1.165) is 24.2 Å². The molecule has 1 heterocycles. The lowest BCUT2D eigenvalue weighted by atomic mass is 10.1. The van der Waals surface area contributed by atoms with Crippen molar-refractivity contribution >= 4 is 5.78 Å². The smallest absolute Gasteiger partial charge is 0.159 e. The van der Waals surface area contributed by atoms with Crippen molar-refractivity contribution in [1.29, 1.82) is 0 Å². The van der Waals surface area contributed by atoms with E-state index in [1.807, 2.05) is 24.3 Å². The molecular weight excluding hydrogens is 204 g/mol. The van der Waals surface area contributed by atoms with Crippen LogP contribution in [0.15, 0.2) is 24.3 Å². The standard InChI is InChI=1S/C13H16O3/c1-10(14)12-4-2-11(3-5-12)8-16-13-6-7-15-9-13/h2-5,13H,6-9H2,1H3. The summed E-state index contributed by atoms with van der Waals surface area (Å²) < 4.78 is 10.9. The Labute approximate surface area is 95.4 Å². The van der Waals surface area contributed by atoms with E-state index < -0.39 is 0 Å². The molecule has 1 atom stereocenters. The number of Topliss-reactive ketones (excluding diaryl/α,β-unsaturated/α-hetero) is 1. The average molecular weight is 220 g/mol. The molecule has 0 spiro atoms. The average Bonchev–Trinajstić information content (AvgIpc) is 2.80. The molecule has 16 heavy (non-hydrogen) atoms. The molecule has 3 heteroatoms. The zero-order valence-corrected chi connectivity index (χ0v) is 9.44. The van der Waals surface area contributed by atoms with Gasteiger partial charge in [-0.25, -0.2) is 0 Å². The van der Waals surface area contributed by atoms with E-state index in [2.05, 4.69) is 0 Å². The van der Waals surface area contributed by atoms with Gasteiger partial charge in [-0.15, -0.1) is 0 Å². The molecule has 86 valence electrons. The van der Waals surface area contributed by atoms with E-state index >= 15 is 0 Å². The number of hydrogen-bond donors (Lipinski definition) is 0.